The summed E-state index contributed by atoms with van der Waals surface area (Å²) >= 11 is 0. The van der Waals surface area contributed by atoms with E-state index < -0.39 is 5.82 Å². The number of hydrogen-bond donors (Lipinski definition) is 1. The number of benzene rings is 1. The van der Waals surface area contributed by atoms with Gasteiger partial charge in [-0.15, -0.1) is 0 Å². The predicted octanol–water partition coefficient (Wildman–Crippen LogP) is 3.83. The van der Waals surface area contributed by atoms with E-state index in [2.05, 4.69) is 19.2 Å². The number of nitrogens with one attached hydrogen (secondary N) is 1. The molecule has 1 saturated carbocycles. The largest absolute Gasteiger partial charge is 0.349 e. The zero-order chi connectivity index (χ0) is 14.0. The third-order valence-corrected chi connectivity index (χ3v) is 4.18. The van der Waals surface area contributed by atoms with Gasteiger partial charge in [0.1, 0.15) is 5.82 Å². The van der Waals surface area contributed by atoms with Crippen molar-refractivity contribution < 1.29 is 9.18 Å². The van der Waals surface area contributed by atoms with Crippen molar-refractivity contribution in [1.29, 1.82) is 0 Å². The van der Waals surface area contributed by atoms with Crippen LogP contribution >= 0.6 is 0 Å². The summed E-state index contributed by atoms with van der Waals surface area (Å²) in [6, 6.07) is 4.87. The molecule has 1 amide bonds. The molecule has 1 atom stereocenters. The summed E-state index contributed by atoms with van der Waals surface area (Å²) in [6.07, 6.45) is 4.42. The first kappa shape index (κ1) is 14.0. The molecule has 0 bridgehead atoms. The number of aryl methyl sites for hydroxylation is 1. The van der Waals surface area contributed by atoms with Gasteiger partial charge in [-0.3, -0.25) is 4.79 Å². The second-order valence-electron chi connectivity index (χ2n) is 6.24. The van der Waals surface area contributed by atoms with Gasteiger partial charge in [-0.25, -0.2) is 4.39 Å². The molecule has 0 spiro atoms. The van der Waals surface area contributed by atoms with Crippen LogP contribution < -0.4 is 5.32 Å². The maximum absolute atomic E-state index is 13.8. The van der Waals surface area contributed by atoms with E-state index in [9.17, 15) is 9.18 Å². The van der Waals surface area contributed by atoms with Crippen molar-refractivity contribution >= 4 is 5.91 Å². The van der Waals surface area contributed by atoms with Crippen molar-refractivity contribution in [2.45, 2.75) is 52.5 Å². The van der Waals surface area contributed by atoms with Crippen LogP contribution in [0.4, 0.5) is 4.39 Å². The molecule has 0 aromatic heterocycles. The predicted molar refractivity (Wildman–Crippen MR) is 74.6 cm³/mol. The first-order valence-corrected chi connectivity index (χ1v) is 6.97. The van der Waals surface area contributed by atoms with Gasteiger partial charge in [0.15, 0.2) is 0 Å². The maximum atomic E-state index is 13.8. The third-order valence-electron chi connectivity index (χ3n) is 4.18. The van der Waals surface area contributed by atoms with Crippen LogP contribution in [0.1, 0.15) is 55.5 Å². The van der Waals surface area contributed by atoms with Gasteiger partial charge in [0, 0.05) is 6.04 Å². The average molecular weight is 263 g/mol. The Morgan fingerprint density at radius 2 is 2.11 bits per heavy atom. The molecule has 19 heavy (non-hydrogen) atoms. The van der Waals surface area contributed by atoms with E-state index in [1.54, 1.807) is 12.1 Å². The fourth-order valence-corrected chi connectivity index (χ4v) is 2.80. The molecule has 1 aromatic carbocycles. The van der Waals surface area contributed by atoms with Gasteiger partial charge in [0.05, 0.1) is 5.56 Å². The lowest BCUT2D eigenvalue weighted by molar-refractivity contribution is 0.0849. The Balaban J connectivity index is 2.12. The molecule has 0 saturated heterocycles. The summed E-state index contributed by atoms with van der Waals surface area (Å²) in [4.78, 5) is 12.2. The Morgan fingerprint density at radius 1 is 1.37 bits per heavy atom. The molecule has 2 nitrogen and oxygen atoms in total. The first-order valence-electron chi connectivity index (χ1n) is 6.97. The molecular formula is C16H22FNO. The minimum absolute atomic E-state index is 0.0923. The fourth-order valence-electron chi connectivity index (χ4n) is 2.80. The normalized spacial score (nSPS) is 22.0. The van der Waals surface area contributed by atoms with Crippen molar-refractivity contribution in [3.8, 4) is 0 Å². The van der Waals surface area contributed by atoms with Crippen molar-refractivity contribution in [3.05, 3.63) is 35.1 Å². The number of rotatable bonds is 2. The topological polar surface area (TPSA) is 29.1 Å². The molecule has 2 rings (SSSR count). The second kappa shape index (κ2) is 5.32. The molecule has 0 radical (unpaired) electrons. The van der Waals surface area contributed by atoms with Crippen molar-refractivity contribution in [2.24, 2.45) is 5.41 Å². The maximum Gasteiger partial charge on any atom is 0.254 e. The number of carbonyl (C=O) groups excluding carboxylic acids is 1. The Kier molecular flexibility index (Phi) is 3.93. The van der Waals surface area contributed by atoms with Crippen molar-refractivity contribution in [1.82, 2.24) is 5.32 Å². The molecular weight excluding hydrogens is 241 g/mol. The van der Waals surface area contributed by atoms with Crippen LogP contribution in [-0.4, -0.2) is 11.9 Å². The summed E-state index contributed by atoms with van der Waals surface area (Å²) in [7, 11) is 0. The van der Waals surface area contributed by atoms with E-state index in [0.717, 1.165) is 24.8 Å². The molecule has 1 unspecified atom stereocenters. The Hall–Kier alpha value is -1.38. The van der Waals surface area contributed by atoms with Gasteiger partial charge in [0.25, 0.3) is 5.91 Å². The van der Waals surface area contributed by atoms with Gasteiger partial charge in [-0.1, -0.05) is 32.8 Å². The second-order valence-corrected chi connectivity index (χ2v) is 6.24. The standard InChI is InChI=1S/C16H22FNO/c1-11-7-8-12(13(17)10-11)15(19)18-14-6-4-5-9-16(14,2)3/h7-8,10,14H,4-6,9H2,1-3H3,(H,18,19). The van der Waals surface area contributed by atoms with Crippen LogP contribution in [0.2, 0.25) is 0 Å². The first-order chi connectivity index (χ1) is 8.90. The SMILES string of the molecule is Cc1ccc(C(=O)NC2CCCCC2(C)C)c(F)c1. The zero-order valence-electron chi connectivity index (χ0n) is 11.9. The van der Waals surface area contributed by atoms with E-state index >= 15 is 0 Å². The van der Waals surface area contributed by atoms with Gasteiger partial charge >= 0.3 is 0 Å². The highest BCUT2D eigenvalue weighted by molar-refractivity contribution is 5.94. The Morgan fingerprint density at radius 3 is 2.74 bits per heavy atom. The summed E-state index contributed by atoms with van der Waals surface area (Å²) in [6.45, 7) is 6.15. The summed E-state index contributed by atoms with van der Waals surface area (Å²) in [5.41, 5.74) is 1.06. The molecule has 1 aliphatic rings. The highest BCUT2D eigenvalue weighted by Crippen LogP contribution is 2.35. The van der Waals surface area contributed by atoms with E-state index in [0.29, 0.717) is 0 Å². The Labute approximate surface area is 114 Å². The third kappa shape index (κ3) is 3.14. The van der Waals surface area contributed by atoms with Crippen molar-refractivity contribution in [3.63, 3.8) is 0 Å². The van der Waals surface area contributed by atoms with Crippen LogP contribution in [0.15, 0.2) is 18.2 Å². The van der Waals surface area contributed by atoms with Gasteiger partial charge in [-0.05, 0) is 42.9 Å². The highest BCUT2D eigenvalue weighted by atomic mass is 19.1. The number of halogens is 1. The van der Waals surface area contributed by atoms with E-state index in [1.165, 1.54) is 12.5 Å². The van der Waals surface area contributed by atoms with Crippen LogP contribution in [0.5, 0.6) is 0 Å². The number of hydrogen-bond acceptors (Lipinski definition) is 1. The van der Waals surface area contributed by atoms with E-state index in [4.69, 9.17) is 0 Å². The molecule has 1 aromatic rings. The van der Waals surface area contributed by atoms with Gasteiger partial charge in [0.2, 0.25) is 0 Å². The zero-order valence-corrected chi connectivity index (χ0v) is 11.9. The lowest BCUT2D eigenvalue weighted by Crippen LogP contribution is -2.47. The van der Waals surface area contributed by atoms with E-state index in [-0.39, 0.29) is 22.9 Å². The van der Waals surface area contributed by atoms with E-state index in [1.807, 2.05) is 6.92 Å². The Bertz CT molecular complexity index is 482. The molecule has 1 N–H and O–H groups in total. The molecule has 3 heteroatoms. The lowest BCUT2D eigenvalue weighted by Gasteiger charge is -2.39. The monoisotopic (exact) mass is 263 g/mol. The summed E-state index contributed by atoms with van der Waals surface area (Å²) in [5.74, 6) is -0.733. The number of amides is 1. The molecule has 1 aliphatic carbocycles. The molecule has 0 heterocycles. The van der Waals surface area contributed by atoms with Gasteiger partial charge < -0.3 is 5.32 Å². The lowest BCUT2D eigenvalue weighted by atomic mass is 9.73. The summed E-state index contributed by atoms with van der Waals surface area (Å²) < 4.78 is 13.8. The summed E-state index contributed by atoms with van der Waals surface area (Å²) in [5, 5.41) is 3.01. The quantitative estimate of drug-likeness (QED) is 0.863. The molecule has 104 valence electrons. The molecule has 0 aliphatic heterocycles. The fraction of sp³-hybridized carbons (Fsp3) is 0.562. The molecule has 1 fully saturated rings. The van der Waals surface area contributed by atoms with Crippen LogP contribution in [0.3, 0.4) is 0 Å². The minimum atomic E-state index is -0.439. The van der Waals surface area contributed by atoms with Gasteiger partial charge in [-0.2, -0.15) is 0 Å². The van der Waals surface area contributed by atoms with Crippen LogP contribution in [0.25, 0.3) is 0 Å². The minimum Gasteiger partial charge on any atom is -0.349 e. The highest BCUT2D eigenvalue weighted by Gasteiger charge is 2.33. The van der Waals surface area contributed by atoms with Crippen LogP contribution in [-0.2, 0) is 0 Å². The average Bonchev–Trinajstić information content (AvgIpc) is 2.31. The van der Waals surface area contributed by atoms with Crippen molar-refractivity contribution in [2.75, 3.05) is 0 Å². The smallest absolute Gasteiger partial charge is 0.254 e. The van der Waals surface area contributed by atoms with Crippen LogP contribution in [0, 0.1) is 18.2 Å². The number of carbonyl (C=O) groups is 1.